The van der Waals surface area contributed by atoms with Crippen LogP contribution in [0.4, 0.5) is 0 Å². The van der Waals surface area contributed by atoms with Crippen LogP contribution in [0.1, 0.15) is 18.2 Å². The van der Waals surface area contributed by atoms with Crippen molar-refractivity contribution in [3.8, 4) is 0 Å². The van der Waals surface area contributed by atoms with Crippen LogP contribution in [0.5, 0.6) is 0 Å². The molecular weight excluding hydrogens is 262 g/mol. The Hall–Kier alpha value is -2.20. The molecule has 1 N–H and O–H groups in total. The van der Waals surface area contributed by atoms with Gasteiger partial charge >= 0.3 is 0 Å². The SMILES string of the molecule is CCN(CC(=O)NCc1ccccn1)Cc1ccccc1. The molecule has 0 radical (unpaired) electrons. The van der Waals surface area contributed by atoms with Crippen molar-refractivity contribution in [2.24, 2.45) is 0 Å². The maximum atomic E-state index is 12.0. The Labute approximate surface area is 125 Å². The van der Waals surface area contributed by atoms with Crippen molar-refractivity contribution < 1.29 is 4.79 Å². The summed E-state index contributed by atoms with van der Waals surface area (Å²) >= 11 is 0. The summed E-state index contributed by atoms with van der Waals surface area (Å²) in [6, 6.07) is 15.9. The Morgan fingerprint density at radius 3 is 2.57 bits per heavy atom. The summed E-state index contributed by atoms with van der Waals surface area (Å²) in [5.74, 6) is 0.0263. The van der Waals surface area contributed by atoms with Gasteiger partial charge in [0.25, 0.3) is 0 Å². The number of nitrogens with one attached hydrogen (secondary N) is 1. The Kier molecular flexibility index (Phi) is 5.91. The Balaban J connectivity index is 1.80. The van der Waals surface area contributed by atoms with Crippen LogP contribution in [0.2, 0.25) is 0 Å². The lowest BCUT2D eigenvalue weighted by Gasteiger charge is -2.19. The highest BCUT2D eigenvalue weighted by atomic mass is 16.2. The molecule has 0 bridgehead atoms. The molecule has 0 saturated heterocycles. The van der Waals surface area contributed by atoms with E-state index in [4.69, 9.17) is 0 Å². The molecule has 1 heterocycles. The predicted octanol–water partition coefficient (Wildman–Crippen LogP) is 2.22. The maximum Gasteiger partial charge on any atom is 0.234 e. The van der Waals surface area contributed by atoms with Crippen molar-refractivity contribution in [3.05, 3.63) is 66.0 Å². The lowest BCUT2D eigenvalue weighted by Crippen LogP contribution is -2.36. The molecule has 2 rings (SSSR count). The van der Waals surface area contributed by atoms with E-state index in [1.165, 1.54) is 5.56 Å². The summed E-state index contributed by atoms with van der Waals surface area (Å²) in [7, 11) is 0. The first-order valence-corrected chi connectivity index (χ1v) is 7.21. The van der Waals surface area contributed by atoms with Gasteiger partial charge in [0.1, 0.15) is 0 Å². The van der Waals surface area contributed by atoms with Crippen LogP contribution in [-0.4, -0.2) is 28.9 Å². The summed E-state index contributed by atoms with van der Waals surface area (Å²) in [5.41, 5.74) is 2.09. The number of likely N-dealkylation sites (N-methyl/N-ethyl adjacent to an activating group) is 1. The van der Waals surface area contributed by atoms with Gasteiger partial charge in [-0.2, -0.15) is 0 Å². The molecule has 1 amide bonds. The van der Waals surface area contributed by atoms with E-state index >= 15 is 0 Å². The summed E-state index contributed by atoms with van der Waals surface area (Å²) < 4.78 is 0. The van der Waals surface area contributed by atoms with Crippen molar-refractivity contribution in [2.45, 2.75) is 20.0 Å². The first-order valence-electron chi connectivity index (χ1n) is 7.21. The number of carbonyl (C=O) groups is 1. The van der Waals surface area contributed by atoms with Gasteiger partial charge in [-0.1, -0.05) is 43.3 Å². The van der Waals surface area contributed by atoms with Gasteiger partial charge in [-0.25, -0.2) is 0 Å². The molecule has 21 heavy (non-hydrogen) atoms. The minimum absolute atomic E-state index is 0.0263. The molecule has 2 aromatic rings. The average molecular weight is 283 g/mol. The van der Waals surface area contributed by atoms with Crippen LogP contribution in [0, 0.1) is 0 Å². The lowest BCUT2D eigenvalue weighted by atomic mass is 10.2. The standard InChI is InChI=1S/C17H21N3O/c1-2-20(13-15-8-4-3-5-9-15)14-17(21)19-12-16-10-6-7-11-18-16/h3-11H,2,12-14H2,1H3,(H,19,21). The molecule has 4 heteroatoms. The van der Waals surface area contributed by atoms with Crippen molar-refractivity contribution in [1.82, 2.24) is 15.2 Å². The fourth-order valence-corrected chi connectivity index (χ4v) is 2.07. The summed E-state index contributed by atoms with van der Waals surface area (Å²) in [6.07, 6.45) is 1.73. The van der Waals surface area contributed by atoms with Crippen LogP contribution >= 0.6 is 0 Å². The molecule has 0 atom stereocenters. The van der Waals surface area contributed by atoms with E-state index in [0.29, 0.717) is 13.1 Å². The van der Waals surface area contributed by atoms with Gasteiger partial charge in [-0.05, 0) is 24.2 Å². The molecule has 4 nitrogen and oxygen atoms in total. The molecule has 0 aliphatic heterocycles. The molecule has 1 aromatic carbocycles. The van der Waals surface area contributed by atoms with Crippen molar-refractivity contribution in [3.63, 3.8) is 0 Å². The second-order valence-electron chi connectivity index (χ2n) is 4.89. The number of hydrogen-bond acceptors (Lipinski definition) is 3. The third-order valence-electron chi connectivity index (χ3n) is 3.26. The number of carbonyl (C=O) groups excluding carboxylic acids is 1. The van der Waals surface area contributed by atoms with Crippen LogP contribution < -0.4 is 5.32 Å². The van der Waals surface area contributed by atoms with Gasteiger partial charge in [0.2, 0.25) is 5.91 Å². The Bertz CT molecular complexity index is 542. The molecule has 110 valence electrons. The molecular formula is C17H21N3O. The highest BCUT2D eigenvalue weighted by Crippen LogP contribution is 2.03. The quantitative estimate of drug-likeness (QED) is 0.847. The van der Waals surface area contributed by atoms with Gasteiger partial charge in [-0.3, -0.25) is 14.7 Å². The van der Waals surface area contributed by atoms with Crippen LogP contribution in [0.15, 0.2) is 54.7 Å². The number of rotatable bonds is 7. The average Bonchev–Trinajstić information content (AvgIpc) is 2.54. The zero-order valence-corrected chi connectivity index (χ0v) is 12.3. The van der Waals surface area contributed by atoms with Gasteiger partial charge < -0.3 is 5.32 Å². The van der Waals surface area contributed by atoms with Crippen molar-refractivity contribution >= 4 is 5.91 Å². The molecule has 0 spiro atoms. The van der Waals surface area contributed by atoms with Gasteiger partial charge in [0.15, 0.2) is 0 Å². The molecule has 0 unspecified atom stereocenters. The second-order valence-corrected chi connectivity index (χ2v) is 4.89. The number of benzene rings is 1. The number of nitrogens with zero attached hydrogens (tertiary/aromatic N) is 2. The van der Waals surface area contributed by atoms with Crippen LogP contribution in [0.25, 0.3) is 0 Å². The molecule has 0 saturated carbocycles. The largest absolute Gasteiger partial charge is 0.349 e. The Morgan fingerprint density at radius 1 is 1.14 bits per heavy atom. The monoisotopic (exact) mass is 283 g/mol. The normalized spacial score (nSPS) is 10.6. The summed E-state index contributed by atoms with van der Waals surface area (Å²) in [6.45, 7) is 4.57. The molecule has 1 aromatic heterocycles. The minimum atomic E-state index is 0.0263. The van der Waals surface area contributed by atoms with Gasteiger partial charge in [-0.15, -0.1) is 0 Å². The third kappa shape index (κ3) is 5.36. The number of hydrogen-bond donors (Lipinski definition) is 1. The van der Waals surface area contributed by atoms with E-state index in [0.717, 1.165) is 18.8 Å². The Morgan fingerprint density at radius 2 is 1.90 bits per heavy atom. The maximum absolute atomic E-state index is 12.0. The highest BCUT2D eigenvalue weighted by molar-refractivity contribution is 5.77. The van der Waals surface area contributed by atoms with E-state index in [1.807, 2.05) is 36.4 Å². The molecule has 0 aliphatic rings. The number of amides is 1. The first kappa shape index (κ1) is 15.2. The van der Waals surface area contributed by atoms with E-state index in [1.54, 1.807) is 6.20 Å². The zero-order valence-electron chi connectivity index (χ0n) is 12.3. The number of aromatic nitrogens is 1. The van der Waals surface area contributed by atoms with E-state index in [2.05, 4.69) is 34.3 Å². The fourth-order valence-electron chi connectivity index (χ4n) is 2.07. The lowest BCUT2D eigenvalue weighted by molar-refractivity contribution is -0.122. The second kappa shape index (κ2) is 8.17. The van der Waals surface area contributed by atoms with Crippen molar-refractivity contribution in [2.75, 3.05) is 13.1 Å². The minimum Gasteiger partial charge on any atom is -0.349 e. The van der Waals surface area contributed by atoms with Crippen LogP contribution in [-0.2, 0) is 17.9 Å². The fraction of sp³-hybridized carbons (Fsp3) is 0.294. The van der Waals surface area contributed by atoms with Crippen molar-refractivity contribution in [1.29, 1.82) is 0 Å². The van der Waals surface area contributed by atoms with Gasteiger partial charge in [0.05, 0.1) is 18.8 Å². The van der Waals surface area contributed by atoms with Gasteiger partial charge in [0, 0.05) is 12.7 Å². The van der Waals surface area contributed by atoms with Crippen LogP contribution in [0.3, 0.4) is 0 Å². The number of pyridine rings is 1. The highest BCUT2D eigenvalue weighted by Gasteiger charge is 2.09. The first-order chi connectivity index (χ1) is 10.3. The predicted molar refractivity (Wildman–Crippen MR) is 83.5 cm³/mol. The summed E-state index contributed by atoms with van der Waals surface area (Å²) in [5, 5.41) is 2.91. The molecule has 0 aliphatic carbocycles. The summed E-state index contributed by atoms with van der Waals surface area (Å²) in [4.78, 5) is 18.3. The van der Waals surface area contributed by atoms with E-state index < -0.39 is 0 Å². The topological polar surface area (TPSA) is 45.2 Å². The molecule has 0 fully saturated rings. The zero-order chi connectivity index (χ0) is 14.9. The van der Waals surface area contributed by atoms with E-state index in [9.17, 15) is 4.79 Å². The van der Waals surface area contributed by atoms with E-state index in [-0.39, 0.29) is 5.91 Å². The smallest absolute Gasteiger partial charge is 0.234 e. The third-order valence-corrected chi connectivity index (χ3v) is 3.26.